The standard InChI is InChI=1S/C67H127NO5/c1-3-5-7-9-11-13-15-17-18-19-20-26-29-32-36-39-43-47-51-55-59-65(70)64(63-69)68-66(71)60-56-52-48-44-40-37-33-30-27-24-22-21-23-25-28-31-34-38-42-46-50-54-58-62-73-67(72)61-57-53-49-45-41-35-16-14-12-10-8-6-4-2/h14,16,24,27,55,59,64-65,69-70H,3-13,15,17-23,25-26,28-54,56-58,60-63H2,1-2H3,(H,68,71)/b16-14-,27-24-,59-55+. The van der Waals surface area contributed by atoms with E-state index >= 15 is 0 Å². The van der Waals surface area contributed by atoms with Crippen LogP contribution < -0.4 is 5.32 Å². The lowest BCUT2D eigenvalue weighted by Gasteiger charge is -2.20. The number of amides is 1. The third-order valence-electron chi connectivity index (χ3n) is 15.1. The molecule has 0 saturated heterocycles. The molecule has 0 bridgehead atoms. The number of ether oxygens (including phenoxy) is 1. The van der Waals surface area contributed by atoms with Gasteiger partial charge in [-0.1, -0.05) is 294 Å². The zero-order valence-electron chi connectivity index (χ0n) is 49.1. The van der Waals surface area contributed by atoms with Crippen LogP contribution in [-0.4, -0.2) is 47.4 Å². The van der Waals surface area contributed by atoms with Gasteiger partial charge in [0, 0.05) is 12.8 Å². The van der Waals surface area contributed by atoms with Gasteiger partial charge in [-0.25, -0.2) is 0 Å². The predicted octanol–water partition coefficient (Wildman–Crippen LogP) is 20.8. The van der Waals surface area contributed by atoms with Crippen molar-refractivity contribution in [3.8, 4) is 0 Å². The van der Waals surface area contributed by atoms with Crippen LogP contribution in [0.5, 0.6) is 0 Å². The Morgan fingerprint density at radius 2 is 0.644 bits per heavy atom. The molecular formula is C67H127NO5. The van der Waals surface area contributed by atoms with Gasteiger partial charge in [-0.15, -0.1) is 0 Å². The zero-order valence-corrected chi connectivity index (χ0v) is 49.1. The highest BCUT2D eigenvalue weighted by molar-refractivity contribution is 5.76. The van der Waals surface area contributed by atoms with Crippen molar-refractivity contribution in [2.75, 3.05) is 13.2 Å². The number of rotatable bonds is 61. The molecule has 0 spiro atoms. The van der Waals surface area contributed by atoms with Crippen molar-refractivity contribution in [1.29, 1.82) is 0 Å². The van der Waals surface area contributed by atoms with Crippen LogP contribution in [0.25, 0.3) is 0 Å². The molecule has 1 amide bonds. The third-order valence-corrected chi connectivity index (χ3v) is 15.1. The summed E-state index contributed by atoms with van der Waals surface area (Å²) in [7, 11) is 0. The van der Waals surface area contributed by atoms with Crippen LogP contribution in [0, 0.1) is 0 Å². The molecule has 2 atom stereocenters. The van der Waals surface area contributed by atoms with Crippen LogP contribution in [-0.2, 0) is 14.3 Å². The Morgan fingerprint density at radius 1 is 0.370 bits per heavy atom. The molecule has 6 nitrogen and oxygen atoms in total. The first-order chi connectivity index (χ1) is 36.0. The molecule has 0 saturated carbocycles. The summed E-state index contributed by atoms with van der Waals surface area (Å²) in [6, 6.07) is -0.633. The number of hydrogen-bond donors (Lipinski definition) is 3. The molecule has 0 fully saturated rings. The van der Waals surface area contributed by atoms with Gasteiger partial charge in [0.25, 0.3) is 0 Å². The lowest BCUT2D eigenvalue weighted by atomic mass is 10.0. The second-order valence-electron chi connectivity index (χ2n) is 22.4. The molecule has 73 heavy (non-hydrogen) atoms. The fourth-order valence-corrected chi connectivity index (χ4v) is 10.1. The molecule has 0 rings (SSSR count). The summed E-state index contributed by atoms with van der Waals surface area (Å²) in [4.78, 5) is 24.5. The molecule has 0 aromatic heterocycles. The van der Waals surface area contributed by atoms with Crippen LogP contribution in [0.2, 0.25) is 0 Å². The number of nitrogens with one attached hydrogen (secondary N) is 1. The average molecular weight is 1030 g/mol. The highest BCUT2D eigenvalue weighted by atomic mass is 16.5. The molecule has 6 heteroatoms. The van der Waals surface area contributed by atoms with Crippen molar-refractivity contribution in [3.05, 3.63) is 36.5 Å². The number of allylic oxidation sites excluding steroid dienone is 5. The number of aliphatic hydroxyl groups is 2. The fraction of sp³-hybridized carbons (Fsp3) is 0.881. The molecule has 3 N–H and O–H groups in total. The highest BCUT2D eigenvalue weighted by Crippen LogP contribution is 2.17. The van der Waals surface area contributed by atoms with E-state index in [0.717, 1.165) is 51.4 Å². The Kier molecular flexibility index (Phi) is 61.0. The molecule has 0 heterocycles. The van der Waals surface area contributed by atoms with Crippen molar-refractivity contribution in [2.45, 2.75) is 366 Å². The third kappa shape index (κ3) is 59.2. The summed E-state index contributed by atoms with van der Waals surface area (Å²) < 4.78 is 5.47. The van der Waals surface area contributed by atoms with Crippen LogP contribution in [0.1, 0.15) is 354 Å². The number of carbonyl (C=O) groups is 2. The normalized spacial score (nSPS) is 12.8. The van der Waals surface area contributed by atoms with Crippen molar-refractivity contribution < 1.29 is 24.5 Å². The summed E-state index contributed by atoms with van der Waals surface area (Å²) in [5.74, 6) is -0.0698. The minimum absolute atomic E-state index is 0.00190. The van der Waals surface area contributed by atoms with E-state index in [1.807, 2.05) is 6.08 Å². The zero-order chi connectivity index (χ0) is 52.9. The Balaban J connectivity index is 3.45. The molecule has 0 aromatic rings. The van der Waals surface area contributed by atoms with Gasteiger partial charge in [-0.2, -0.15) is 0 Å². The van der Waals surface area contributed by atoms with Crippen LogP contribution in [0.15, 0.2) is 36.5 Å². The molecule has 0 radical (unpaired) electrons. The van der Waals surface area contributed by atoms with E-state index in [0.29, 0.717) is 19.4 Å². The Labute approximate surface area is 455 Å². The topological polar surface area (TPSA) is 95.9 Å². The van der Waals surface area contributed by atoms with Gasteiger partial charge in [0.15, 0.2) is 0 Å². The van der Waals surface area contributed by atoms with E-state index in [2.05, 4.69) is 43.5 Å². The highest BCUT2D eigenvalue weighted by Gasteiger charge is 2.18. The first-order valence-corrected chi connectivity index (χ1v) is 32.8. The first-order valence-electron chi connectivity index (χ1n) is 32.8. The molecule has 0 aliphatic rings. The van der Waals surface area contributed by atoms with Crippen LogP contribution in [0.3, 0.4) is 0 Å². The van der Waals surface area contributed by atoms with Gasteiger partial charge < -0.3 is 20.3 Å². The lowest BCUT2D eigenvalue weighted by molar-refractivity contribution is -0.143. The monoisotopic (exact) mass is 1030 g/mol. The molecular weight excluding hydrogens is 899 g/mol. The molecule has 2 unspecified atom stereocenters. The smallest absolute Gasteiger partial charge is 0.305 e. The van der Waals surface area contributed by atoms with Gasteiger partial charge >= 0.3 is 5.97 Å². The molecule has 0 aliphatic carbocycles. The van der Waals surface area contributed by atoms with Gasteiger partial charge in [0.2, 0.25) is 5.91 Å². The summed E-state index contributed by atoms with van der Waals surface area (Å²) >= 11 is 0. The largest absolute Gasteiger partial charge is 0.466 e. The Morgan fingerprint density at radius 3 is 0.986 bits per heavy atom. The van der Waals surface area contributed by atoms with Gasteiger partial charge in [0.1, 0.15) is 0 Å². The van der Waals surface area contributed by atoms with E-state index in [1.165, 1.54) is 276 Å². The minimum atomic E-state index is -0.849. The lowest BCUT2D eigenvalue weighted by Crippen LogP contribution is -2.45. The molecule has 0 aliphatic heterocycles. The van der Waals surface area contributed by atoms with Crippen molar-refractivity contribution in [3.63, 3.8) is 0 Å². The van der Waals surface area contributed by atoms with E-state index in [4.69, 9.17) is 4.74 Å². The number of hydrogen-bond acceptors (Lipinski definition) is 5. The number of aliphatic hydroxyl groups excluding tert-OH is 2. The number of esters is 1. The van der Waals surface area contributed by atoms with Crippen molar-refractivity contribution >= 4 is 11.9 Å². The van der Waals surface area contributed by atoms with E-state index in [-0.39, 0.29) is 18.5 Å². The summed E-state index contributed by atoms with van der Waals surface area (Å²) in [6.07, 6.45) is 79.1. The Bertz CT molecular complexity index is 1180. The van der Waals surface area contributed by atoms with Crippen molar-refractivity contribution in [2.24, 2.45) is 0 Å². The summed E-state index contributed by atoms with van der Waals surface area (Å²) in [5.41, 5.74) is 0. The quantitative estimate of drug-likeness (QED) is 0.0320. The maximum Gasteiger partial charge on any atom is 0.305 e. The SMILES string of the molecule is CCCCCC/C=C\CCCCCCCC(=O)OCCCCCCCCCCCCCC/C=C\CCCCCCCCCC(=O)NC(CO)C(O)/C=C/CCCCCCCCCCCCCCCCCCCC. The van der Waals surface area contributed by atoms with E-state index < -0.39 is 12.1 Å². The number of carbonyl (C=O) groups excluding carboxylic acids is 2. The Hall–Kier alpha value is -1.92. The fourth-order valence-electron chi connectivity index (χ4n) is 10.1. The van der Waals surface area contributed by atoms with Gasteiger partial charge in [-0.3, -0.25) is 9.59 Å². The number of unbranched alkanes of at least 4 members (excludes halogenated alkanes) is 46. The van der Waals surface area contributed by atoms with E-state index in [9.17, 15) is 19.8 Å². The maximum atomic E-state index is 12.5. The predicted molar refractivity (Wildman–Crippen MR) is 319 cm³/mol. The van der Waals surface area contributed by atoms with E-state index in [1.54, 1.807) is 6.08 Å². The van der Waals surface area contributed by atoms with Crippen LogP contribution >= 0.6 is 0 Å². The van der Waals surface area contributed by atoms with Crippen molar-refractivity contribution in [1.82, 2.24) is 5.32 Å². The summed E-state index contributed by atoms with van der Waals surface area (Å²) in [5, 5.41) is 23.2. The maximum absolute atomic E-state index is 12.5. The first kappa shape index (κ1) is 71.1. The summed E-state index contributed by atoms with van der Waals surface area (Å²) in [6.45, 7) is 4.90. The average Bonchev–Trinajstić information content (AvgIpc) is 3.39. The van der Waals surface area contributed by atoms with Gasteiger partial charge in [-0.05, 0) is 83.5 Å². The second kappa shape index (κ2) is 62.6. The van der Waals surface area contributed by atoms with Gasteiger partial charge in [0.05, 0.1) is 25.4 Å². The molecule has 430 valence electrons. The molecule has 0 aromatic carbocycles. The minimum Gasteiger partial charge on any atom is -0.466 e. The van der Waals surface area contributed by atoms with Crippen LogP contribution in [0.4, 0.5) is 0 Å². The second-order valence-corrected chi connectivity index (χ2v) is 22.4.